The first-order valence-corrected chi connectivity index (χ1v) is 24.4. The summed E-state index contributed by atoms with van der Waals surface area (Å²) >= 11 is 0. The molecule has 14 nitrogen and oxygen atoms in total. The zero-order chi connectivity index (χ0) is 48.9. The van der Waals surface area contributed by atoms with Gasteiger partial charge < -0.3 is 29.8 Å². The molecular formula is C53H67FN9O5+. The average Bonchev–Trinajstić information content (AvgIpc) is 4.20. The van der Waals surface area contributed by atoms with E-state index in [1.165, 1.54) is 14.2 Å². The first kappa shape index (κ1) is 49.5. The zero-order valence-electron chi connectivity index (χ0n) is 40.9. The fourth-order valence-electron chi connectivity index (χ4n) is 10.8. The van der Waals surface area contributed by atoms with Crippen LogP contribution in [0.2, 0.25) is 0 Å². The molecule has 3 atom stereocenters. The number of hydrogen-bond acceptors (Lipinski definition) is 8. The van der Waals surface area contributed by atoms with Crippen LogP contribution in [0.1, 0.15) is 134 Å². The van der Waals surface area contributed by atoms with E-state index in [1.807, 2.05) is 70.7 Å². The highest BCUT2D eigenvalue weighted by molar-refractivity contribution is 5.88. The van der Waals surface area contributed by atoms with Gasteiger partial charge in [-0.25, -0.2) is 19.2 Å². The number of halogens is 1. The highest BCUT2D eigenvalue weighted by Gasteiger charge is 2.43. The molecule has 3 aromatic heterocycles. The van der Waals surface area contributed by atoms with Gasteiger partial charge in [0.15, 0.2) is 0 Å². The van der Waals surface area contributed by atoms with Gasteiger partial charge in [-0.3, -0.25) is 19.4 Å². The lowest BCUT2D eigenvalue weighted by Crippen LogP contribution is -2.51. The Balaban J connectivity index is 0.00000132. The SMILES string of the molecule is C#[N+]C.CC.COC(=O)NC(C(=O)N1CCC[C@H]1c1ncc(-c2ccc(-c3cc(F)c(-c4ccc5nc([C@@H]6CCCN6C(=O)CC(C)C)[nH]c(=O)c5c4)c4c3CC3(CCCC3)C4)nc2)[nH]1)C(C)C. The first-order chi connectivity index (χ1) is 32.7. The van der Waals surface area contributed by atoms with E-state index in [-0.39, 0.29) is 52.5 Å². The van der Waals surface area contributed by atoms with E-state index in [9.17, 15) is 19.2 Å². The van der Waals surface area contributed by atoms with Crippen LogP contribution in [0, 0.1) is 29.6 Å². The van der Waals surface area contributed by atoms with Gasteiger partial charge in [-0.2, -0.15) is 0 Å². The van der Waals surface area contributed by atoms with Crippen molar-refractivity contribution in [2.24, 2.45) is 17.3 Å². The summed E-state index contributed by atoms with van der Waals surface area (Å²) in [6, 6.07) is 9.71. The Hall–Kier alpha value is -6.43. The summed E-state index contributed by atoms with van der Waals surface area (Å²) in [6.45, 7) is 17.5. The van der Waals surface area contributed by atoms with E-state index in [0.717, 1.165) is 92.2 Å². The van der Waals surface area contributed by atoms with Crippen molar-refractivity contribution < 1.29 is 23.5 Å². The van der Waals surface area contributed by atoms with Crippen molar-refractivity contribution in [2.45, 2.75) is 130 Å². The van der Waals surface area contributed by atoms with Crippen LogP contribution < -0.4 is 10.9 Å². The molecule has 3 amide bonds. The molecule has 4 aliphatic rings. The maximum absolute atomic E-state index is 16.9. The number of ether oxygens (including phenoxy) is 1. The highest BCUT2D eigenvalue weighted by atomic mass is 19.1. The minimum Gasteiger partial charge on any atom is -0.453 e. The number of fused-ring (bicyclic) bond motifs is 2. The molecule has 2 aliphatic heterocycles. The van der Waals surface area contributed by atoms with Gasteiger partial charge in [0.2, 0.25) is 11.8 Å². The second-order valence-electron chi connectivity index (χ2n) is 19.2. The number of H-pyrrole nitrogens is 2. The van der Waals surface area contributed by atoms with Gasteiger partial charge >= 0.3 is 6.09 Å². The maximum atomic E-state index is 16.9. The predicted octanol–water partition coefficient (Wildman–Crippen LogP) is 10.2. The van der Waals surface area contributed by atoms with Crippen molar-refractivity contribution in [3.8, 4) is 40.2 Å². The summed E-state index contributed by atoms with van der Waals surface area (Å²) in [7, 11) is 2.81. The Labute approximate surface area is 398 Å². The van der Waals surface area contributed by atoms with Crippen molar-refractivity contribution >= 4 is 28.8 Å². The predicted molar refractivity (Wildman–Crippen MR) is 263 cm³/mol. The quantitative estimate of drug-likeness (QED) is 0.124. The first-order valence-electron chi connectivity index (χ1n) is 24.4. The lowest BCUT2D eigenvalue weighted by Gasteiger charge is -2.30. The molecule has 0 radical (unpaired) electrons. The number of imidazole rings is 1. The molecule has 15 heteroatoms. The largest absolute Gasteiger partial charge is 0.453 e. The number of aromatic nitrogens is 5. The lowest BCUT2D eigenvalue weighted by atomic mass is 9.82. The topological polar surface area (TPSA) is 171 Å². The Kier molecular flexibility index (Phi) is 15.5. The molecule has 1 unspecified atom stereocenters. The number of nitrogens with one attached hydrogen (secondary N) is 3. The number of carbonyl (C=O) groups is 3. The fourth-order valence-corrected chi connectivity index (χ4v) is 10.8. The zero-order valence-corrected chi connectivity index (χ0v) is 40.9. The van der Waals surface area contributed by atoms with E-state index in [1.54, 1.807) is 29.4 Å². The van der Waals surface area contributed by atoms with E-state index in [0.29, 0.717) is 58.9 Å². The van der Waals surface area contributed by atoms with Gasteiger partial charge in [0.1, 0.15) is 23.5 Å². The molecule has 0 bridgehead atoms. The molecule has 2 saturated heterocycles. The minimum atomic E-state index is -0.724. The van der Waals surface area contributed by atoms with E-state index in [4.69, 9.17) is 19.7 Å². The number of pyridine rings is 1. The molecule has 5 heterocycles. The Bertz CT molecular complexity index is 2730. The molecule has 2 aromatic carbocycles. The van der Waals surface area contributed by atoms with E-state index >= 15 is 4.39 Å². The number of rotatable bonds is 10. The van der Waals surface area contributed by atoms with Crippen LogP contribution in [-0.2, 0) is 27.2 Å². The standard InChI is InChI=1S/C49H57FN8O5.C2H4N.C2H6/c1-27(2)20-41(59)57-18-8-11-40(57)45-53-37-15-12-29(21-32(37)46(60)56-45)42-34-24-49(16-6-7-17-49)23-33(34)31(22-35(42)50)36-14-13-30(25-51-36)38-26-52-44(54-38)39-10-9-19-58(39)47(61)43(28(3)4)55-48(62)63-5;1-3-2;1-2/h12-15,21-22,25-28,39-40,43H,6-11,16-20,23-24H2,1-5H3,(H,52,54)(H,55,62)(H,53,56,60);1H,2H3;1-2H3/q;+1;/t39-,40-,43?;;/m0../s1. The number of likely N-dealkylation sites (tertiary alicyclic amines) is 2. The molecule has 1 saturated carbocycles. The number of alkyl carbamates (subject to hydrolysis) is 1. The molecule has 3 fully saturated rings. The number of aromatic amines is 2. The number of amides is 3. The molecular weight excluding hydrogens is 862 g/mol. The second kappa shape index (κ2) is 21.3. The van der Waals surface area contributed by atoms with Crippen LogP contribution >= 0.6 is 0 Å². The van der Waals surface area contributed by atoms with Crippen molar-refractivity contribution in [1.29, 1.82) is 0 Å². The normalized spacial score (nSPS) is 18.5. The third-order valence-electron chi connectivity index (χ3n) is 13.9. The summed E-state index contributed by atoms with van der Waals surface area (Å²) in [6.07, 6.45) is 12.6. The number of methoxy groups -OCH3 is 1. The molecule has 68 heavy (non-hydrogen) atoms. The monoisotopic (exact) mass is 929 g/mol. The van der Waals surface area contributed by atoms with Crippen molar-refractivity contribution in [2.75, 3.05) is 27.2 Å². The van der Waals surface area contributed by atoms with Gasteiger partial charge in [-0.15, -0.1) is 0 Å². The second-order valence-corrected chi connectivity index (χ2v) is 19.2. The lowest BCUT2D eigenvalue weighted by molar-refractivity contribution is -0.135. The van der Waals surface area contributed by atoms with Crippen LogP contribution in [0.4, 0.5) is 9.18 Å². The molecule has 3 N–H and O–H groups in total. The van der Waals surface area contributed by atoms with Gasteiger partial charge in [0.25, 0.3) is 19.2 Å². The Morgan fingerprint density at radius 1 is 0.897 bits per heavy atom. The average molecular weight is 929 g/mol. The highest BCUT2D eigenvalue weighted by Crippen LogP contribution is 2.53. The maximum Gasteiger partial charge on any atom is 0.407 e. The third-order valence-corrected chi connectivity index (χ3v) is 13.9. The van der Waals surface area contributed by atoms with E-state index < -0.39 is 12.1 Å². The van der Waals surface area contributed by atoms with Gasteiger partial charge in [0, 0.05) is 42.4 Å². The van der Waals surface area contributed by atoms with Crippen LogP contribution in [-0.4, -0.2) is 85.9 Å². The Morgan fingerprint density at radius 3 is 2.21 bits per heavy atom. The molecule has 360 valence electrons. The third kappa shape index (κ3) is 10.1. The minimum absolute atomic E-state index is 0.0664. The van der Waals surface area contributed by atoms with Gasteiger partial charge in [0.05, 0.1) is 47.7 Å². The van der Waals surface area contributed by atoms with Crippen molar-refractivity contribution in [3.63, 3.8) is 0 Å². The molecule has 1 spiro atoms. The molecule has 9 rings (SSSR count). The van der Waals surface area contributed by atoms with Crippen LogP contribution in [0.5, 0.6) is 0 Å². The van der Waals surface area contributed by atoms with Crippen molar-refractivity contribution in [3.05, 3.63) is 92.6 Å². The Morgan fingerprint density at radius 2 is 1.56 bits per heavy atom. The summed E-state index contributed by atoms with van der Waals surface area (Å²) in [5.74, 6) is 0.813. The number of benzene rings is 2. The van der Waals surface area contributed by atoms with E-state index in [2.05, 4.69) is 26.7 Å². The molecule has 5 aromatic rings. The fraction of sp³-hybridized carbons (Fsp3) is 0.509. The number of carbonyl (C=O) groups excluding carboxylic acids is 3. The number of hydrogen-bond donors (Lipinski definition) is 3. The smallest absolute Gasteiger partial charge is 0.407 e. The van der Waals surface area contributed by atoms with Gasteiger partial charge in [-0.05, 0) is 116 Å². The summed E-state index contributed by atoms with van der Waals surface area (Å²) in [5, 5.41) is 3.09. The summed E-state index contributed by atoms with van der Waals surface area (Å²) < 4.78 is 21.6. The van der Waals surface area contributed by atoms with Crippen LogP contribution in [0.25, 0.3) is 49.4 Å². The van der Waals surface area contributed by atoms with Crippen LogP contribution in [0.3, 0.4) is 0 Å². The van der Waals surface area contributed by atoms with Crippen molar-refractivity contribution in [1.82, 2.24) is 40.0 Å². The van der Waals surface area contributed by atoms with Crippen LogP contribution in [0.15, 0.2) is 53.6 Å². The van der Waals surface area contributed by atoms with Gasteiger partial charge in [-0.1, -0.05) is 65.3 Å². The summed E-state index contributed by atoms with van der Waals surface area (Å²) in [5.41, 5.74) is 6.59. The molecule has 2 aliphatic carbocycles. The number of nitrogens with zero attached hydrogens (tertiary/aromatic N) is 6. The summed E-state index contributed by atoms with van der Waals surface area (Å²) in [4.78, 5) is 80.0.